The Morgan fingerprint density at radius 3 is 2.89 bits per heavy atom. The lowest BCUT2D eigenvalue weighted by atomic mass is 10.1. The minimum Gasteiger partial charge on any atom is -0.394 e. The highest BCUT2D eigenvalue weighted by Gasteiger charge is 2.29. The predicted molar refractivity (Wildman–Crippen MR) is 65.9 cm³/mol. The van der Waals surface area contributed by atoms with E-state index >= 15 is 0 Å². The zero-order valence-corrected chi connectivity index (χ0v) is 10.4. The van der Waals surface area contributed by atoms with Gasteiger partial charge < -0.3 is 10.0 Å². The third kappa shape index (κ3) is 2.87. The summed E-state index contributed by atoms with van der Waals surface area (Å²) in [5.74, 6) is -0.294. The Bertz CT molecular complexity index is 368. The number of aliphatic hydroxyl groups excluding tert-OH is 1. The van der Waals surface area contributed by atoms with Crippen LogP contribution in [-0.4, -0.2) is 46.7 Å². The van der Waals surface area contributed by atoms with Gasteiger partial charge in [0.1, 0.15) is 5.71 Å². The second-order valence-electron chi connectivity index (χ2n) is 4.78. The van der Waals surface area contributed by atoms with Gasteiger partial charge in [-0.05, 0) is 12.8 Å². The molecule has 0 aromatic carbocycles. The van der Waals surface area contributed by atoms with Crippen molar-refractivity contribution in [3.05, 3.63) is 0 Å². The van der Waals surface area contributed by atoms with Crippen molar-refractivity contribution >= 4 is 17.5 Å². The maximum atomic E-state index is 12.3. The fourth-order valence-corrected chi connectivity index (χ4v) is 2.43. The summed E-state index contributed by atoms with van der Waals surface area (Å²) in [5, 5.41) is 13.2. The number of carbonyl (C=O) groups is 2. The molecule has 100 valence electrons. The van der Waals surface area contributed by atoms with Crippen molar-refractivity contribution in [2.75, 3.05) is 13.2 Å². The van der Waals surface area contributed by atoms with Crippen LogP contribution in [0.1, 0.15) is 38.5 Å². The summed E-state index contributed by atoms with van der Waals surface area (Å²) in [4.78, 5) is 25.0. The van der Waals surface area contributed by atoms with Gasteiger partial charge in [-0.15, -0.1) is 0 Å². The summed E-state index contributed by atoms with van der Waals surface area (Å²) in [7, 11) is 0. The van der Waals surface area contributed by atoms with Crippen molar-refractivity contribution in [2.24, 2.45) is 5.10 Å². The summed E-state index contributed by atoms with van der Waals surface area (Å²) >= 11 is 0. The van der Waals surface area contributed by atoms with Crippen LogP contribution in [0.15, 0.2) is 5.10 Å². The maximum absolute atomic E-state index is 12.3. The molecular weight excluding hydrogens is 234 g/mol. The largest absolute Gasteiger partial charge is 0.394 e. The minimum atomic E-state index is -0.152. The Kier molecular flexibility index (Phi) is 4.30. The van der Waals surface area contributed by atoms with Crippen LogP contribution in [0, 0.1) is 0 Å². The molecule has 1 atom stereocenters. The Balaban J connectivity index is 2.08. The van der Waals surface area contributed by atoms with Gasteiger partial charge >= 0.3 is 0 Å². The lowest BCUT2D eigenvalue weighted by Crippen LogP contribution is -2.47. The van der Waals surface area contributed by atoms with Crippen LogP contribution in [0.4, 0.5) is 0 Å². The Morgan fingerprint density at radius 1 is 1.39 bits per heavy atom. The number of hydrazone groups is 1. The normalized spacial score (nSPS) is 25.2. The number of nitrogens with one attached hydrogen (secondary N) is 1. The van der Waals surface area contributed by atoms with Crippen LogP contribution in [0.2, 0.25) is 0 Å². The fourth-order valence-electron chi connectivity index (χ4n) is 2.43. The number of hydrogen-bond donors (Lipinski definition) is 2. The monoisotopic (exact) mass is 253 g/mol. The molecule has 0 spiro atoms. The number of nitrogens with zero attached hydrogens (tertiary/aromatic N) is 2. The molecule has 2 rings (SSSR count). The standard InChI is InChI=1S/C12H19N3O3/c16-8-9-4-2-1-3-7-15(9)12(18)10-5-6-11(17)14-13-10/h9,16H,1-8H2,(H,14,17). The highest BCUT2D eigenvalue weighted by atomic mass is 16.3. The topological polar surface area (TPSA) is 82.0 Å². The third-order valence-electron chi connectivity index (χ3n) is 3.50. The SMILES string of the molecule is O=C1CCC(C(=O)N2CCCCCC2CO)=NN1. The Morgan fingerprint density at radius 2 is 2.22 bits per heavy atom. The van der Waals surface area contributed by atoms with Crippen molar-refractivity contribution in [3.8, 4) is 0 Å². The molecule has 1 unspecified atom stereocenters. The molecule has 6 nitrogen and oxygen atoms in total. The highest BCUT2D eigenvalue weighted by molar-refractivity contribution is 6.39. The van der Waals surface area contributed by atoms with E-state index in [-0.39, 0.29) is 24.5 Å². The Hall–Kier alpha value is -1.43. The first kappa shape index (κ1) is 13.0. The highest BCUT2D eigenvalue weighted by Crippen LogP contribution is 2.18. The van der Waals surface area contributed by atoms with Gasteiger partial charge in [0, 0.05) is 19.4 Å². The summed E-state index contributed by atoms with van der Waals surface area (Å²) in [5.41, 5.74) is 2.74. The first-order valence-electron chi connectivity index (χ1n) is 6.49. The van der Waals surface area contributed by atoms with E-state index in [0.717, 1.165) is 25.7 Å². The molecule has 2 heterocycles. The van der Waals surface area contributed by atoms with Gasteiger partial charge in [0.15, 0.2) is 0 Å². The van der Waals surface area contributed by atoms with Crippen molar-refractivity contribution in [1.29, 1.82) is 0 Å². The van der Waals surface area contributed by atoms with Crippen LogP contribution < -0.4 is 5.43 Å². The number of carbonyl (C=O) groups excluding carboxylic acids is 2. The fraction of sp³-hybridized carbons (Fsp3) is 0.750. The van der Waals surface area contributed by atoms with Crippen molar-refractivity contribution in [3.63, 3.8) is 0 Å². The minimum absolute atomic E-state index is 0.00855. The maximum Gasteiger partial charge on any atom is 0.270 e. The van der Waals surface area contributed by atoms with Crippen molar-refractivity contribution < 1.29 is 14.7 Å². The smallest absolute Gasteiger partial charge is 0.270 e. The van der Waals surface area contributed by atoms with E-state index in [0.29, 0.717) is 25.1 Å². The molecule has 2 aliphatic rings. The first-order valence-corrected chi connectivity index (χ1v) is 6.49. The number of amides is 2. The molecule has 1 saturated heterocycles. The first-order chi connectivity index (χ1) is 8.72. The van der Waals surface area contributed by atoms with Gasteiger partial charge in [-0.3, -0.25) is 9.59 Å². The summed E-state index contributed by atoms with van der Waals surface area (Å²) in [6.45, 7) is 0.655. The van der Waals surface area contributed by atoms with Crippen LogP contribution >= 0.6 is 0 Å². The molecule has 2 N–H and O–H groups in total. The molecule has 0 saturated carbocycles. The number of likely N-dealkylation sites (tertiary alicyclic amines) is 1. The zero-order valence-electron chi connectivity index (χ0n) is 10.4. The van der Waals surface area contributed by atoms with E-state index in [9.17, 15) is 14.7 Å². The van der Waals surface area contributed by atoms with E-state index in [1.165, 1.54) is 0 Å². The summed E-state index contributed by atoms with van der Waals surface area (Å²) < 4.78 is 0. The van der Waals surface area contributed by atoms with Crippen LogP contribution in [0.25, 0.3) is 0 Å². The van der Waals surface area contributed by atoms with Crippen LogP contribution in [0.5, 0.6) is 0 Å². The van der Waals surface area contributed by atoms with Gasteiger partial charge in [0.25, 0.3) is 5.91 Å². The molecule has 18 heavy (non-hydrogen) atoms. The molecule has 6 heteroatoms. The second kappa shape index (κ2) is 5.95. The molecule has 2 amide bonds. The van der Waals surface area contributed by atoms with Crippen LogP contribution in [0.3, 0.4) is 0 Å². The molecule has 0 radical (unpaired) electrons. The van der Waals surface area contributed by atoms with Gasteiger partial charge in [-0.1, -0.05) is 12.8 Å². The van der Waals surface area contributed by atoms with Gasteiger partial charge in [0.2, 0.25) is 5.91 Å². The van der Waals surface area contributed by atoms with Gasteiger partial charge in [0.05, 0.1) is 12.6 Å². The van der Waals surface area contributed by atoms with E-state index < -0.39 is 0 Å². The van der Waals surface area contributed by atoms with Crippen molar-refractivity contribution in [2.45, 2.75) is 44.6 Å². The average molecular weight is 253 g/mol. The van der Waals surface area contributed by atoms with E-state index in [4.69, 9.17) is 0 Å². The van der Waals surface area contributed by atoms with Crippen LogP contribution in [-0.2, 0) is 9.59 Å². The zero-order chi connectivity index (χ0) is 13.0. The molecule has 1 fully saturated rings. The third-order valence-corrected chi connectivity index (χ3v) is 3.50. The number of rotatable bonds is 2. The average Bonchev–Trinajstić information content (AvgIpc) is 2.63. The summed E-state index contributed by atoms with van der Waals surface area (Å²) in [6, 6.07) is -0.111. The quantitative estimate of drug-likeness (QED) is 0.727. The van der Waals surface area contributed by atoms with Crippen molar-refractivity contribution in [1.82, 2.24) is 10.3 Å². The molecule has 0 aromatic heterocycles. The predicted octanol–water partition coefficient (Wildman–Crippen LogP) is 0.0159. The number of aliphatic hydroxyl groups is 1. The second-order valence-corrected chi connectivity index (χ2v) is 4.78. The van der Waals surface area contributed by atoms with E-state index in [1.807, 2.05) is 0 Å². The lowest BCUT2D eigenvalue weighted by Gasteiger charge is -2.29. The molecule has 0 bridgehead atoms. The molecule has 2 aliphatic heterocycles. The molecular formula is C12H19N3O3. The molecule has 0 aliphatic carbocycles. The molecule has 0 aromatic rings. The van der Waals surface area contributed by atoms with E-state index in [1.54, 1.807) is 4.90 Å². The van der Waals surface area contributed by atoms with Gasteiger partial charge in [-0.2, -0.15) is 5.10 Å². The Labute approximate surface area is 106 Å². The van der Waals surface area contributed by atoms with E-state index in [2.05, 4.69) is 10.5 Å². The summed E-state index contributed by atoms with van der Waals surface area (Å²) in [6.07, 6.45) is 4.62. The number of hydrogen-bond acceptors (Lipinski definition) is 4. The lowest BCUT2D eigenvalue weighted by molar-refractivity contribution is -0.127. The van der Waals surface area contributed by atoms with Gasteiger partial charge in [-0.25, -0.2) is 5.43 Å².